The minimum Gasteiger partial charge on any atom is -0.356 e. The molecule has 0 aromatic carbocycles. The van der Waals surface area contributed by atoms with Gasteiger partial charge >= 0.3 is 0 Å². The van der Waals surface area contributed by atoms with E-state index in [0.29, 0.717) is 5.92 Å². The molecule has 1 saturated heterocycles. The van der Waals surface area contributed by atoms with Crippen molar-refractivity contribution in [2.45, 2.75) is 32.2 Å². The molecule has 1 rings (SSSR count). The number of rotatable bonds is 6. The van der Waals surface area contributed by atoms with Gasteiger partial charge in [0, 0.05) is 26.6 Å². The molecule has 110 valence electrons. The number of thioether (sulfide) groups is 1. The summed E-state index contributed by atoms with van der Waals surface area (Å²) >= 11 is 1.71. The lowest BCUT2D eigenvalue weighted by Gasteiger charge is -2.33. The summed E-state index contributed by atoms with van der Waals surface area (Å²) in [6.45, 7) is 3.77. The highest BCUT2D eigenvalue weighted by Crippen LogP contribution is 2.17. The number of carbonyl (C=O) groups is 2. The Morgan fingerprint density at radius 2 is 2.05 bits per heavy atom. The molecular weight excluding hydrogens is 262 g/mol. The van der Waals surface area contributed by atoms with Crippen molar-refractivity contribution in [3.8, 4) is 0 Å². The van der Waals surface area contributed by atoms with Crippen LogP contribution < -0.4 is 11.1 Å². The Morgan fingerprint density at radius 3 is 2.58 bits per heavy atom. The van der Waals surface area contributed by atoms with Crippen molar-refractivity contribution < 1.29 is 9.59 Å². The molecular formula is C13H25N3O2S. The lowest BCUT2D eigenvalue weighted by atomic mass is 9.96. The van der Waals surface area contributed by atoms with Crippen LogP contribution in [-0.2, 0) is 9.59 Å². The number of piperidine rings is 1. The number of nitrogens with zero attached hydrogens (tertiary/aromatic N) is 1. The van der Waals surface area contributed by atoms with Gasteiger partial charge in [-0.2, -0.15) is 11.8 Å². The first-order chi connectivity index (χ1) is 9.04. The van der Waals surface area contributed by atoms with Crippen molar-refractivity contribution in [3.05, 3.63) is 0 Å². The van der Waals surface area contributed by atoms with Gasteiger partial charge in [-0.1, -0.05) is 0 Å². The second-order valence-electron chi connectivity index (χ2n) is 5.09. The van der Waals surface area contributed by atoms with Gasteiger partial charge in [0.25, 0.3) is 0 Å². The molecule has 1 heterocycles. The maximum absolute atomic E-state index is 12.1. The van der Waals surface area contributed by atoms with Crippen molar-refractivity contribution in [2.24, 2.45) is 11.7 Å². The third kappa shape index (κ3) is 5.82. The van der Waals surface area contributed by atoms with Gasteiger partial charge in [-0.05, 0) is 37.2 Å². The Balaban J connectivity index is 2.28. The molecule has 3 N–H and O–H groups in total. The number of hydrogen-bond acceptors (Lipinski definition) is 4. The van der Waals surface area contributed by atoms with Crippen LogP contribution in [0.5, 0.6) is 0 Å². The summed E-state index contributed by atoms with van der Waals surface area (Å²) in [5, 5.41) is 2.84. The zero-order valence-electron chi connectivity index (χ0n) is 11.9. The summed E-state index contributed by atoms with van der Waals surface area (Å²) in [5.41, 5.74) is 5.91. The largest absolute Gasteiger partial charge is 0.356 e. The average molecular weight is 287 g/mol. The van der Waals surface area contributed by atoms with Crippen molar-refractivity contribution in [1.29, 1.82) is 0 Å². The number of amides is 2. The summed E-state index contributed by atoms with van der Waals surface area (Å²) < 4.78 is 0. The van der Waals surface area contributed by atoms with Gasteiger partial charge in [0.15, 0.2) is 0 Å². The summed E-state index contributed by atoms with van der Waals surface area (Å²) in [6, 6.07) is -0.362. The molecule has 0 unspecified atom stereocenters. The SMILES string of the molecule is CSCC[C@H](N)C(=O)N1CCC(CNC(C)=O)CC1. The Bertz CT molecular complexity index is 304. The fraction of sp³-hybridized carbons (Fsp3) is 0.846. The van der Waals surface area contributed by atoms with E-state index in [1.165, 1.54) is 6.92 Å². The summed E-state index contributed by atoms with van der Waals surface area (Å²) in [5.74, 6) is 1.49. The lowest BCUT2D eigenvalue weighted by molar-refractivity contribution is -0.134. The van der Waals surface area contributed by atoms with Crippen LogP contribution in [0.15, 0.2) is 0 Å². The standard InChI is InChI=1S/C13H25N3O2S/c1-10(17)15-9-11-3-6-16(7-4-11)13(18)12(14)5-8-19-2/h11-12H,3-9,14H2,1-2H3,(H,15,17)/t12-/m0/s1. The maximum Gasteiger partial charge on any atom is 0.239 e. The first kappa shape index (κ1) is 16.3. The topological polar surface area (TPSA) is 75.4 Å². The zero-order chi connectivity index (χ0) is 14.3. The Hall–Kier alpha value is -0.750. The van der Waals surface area contributed by atoms with Gasteiger partial charge in [-0.15, -0.1) is 0 Å². The summed E-state index contributed by atoms with van der Waals surface area (Å²) in [6.07, 6.45) is 4.65. The van der Waals surface area contributed by atoms with E-state index in [1.807, 2.05) is 11.2 Å². The van der Waals surface area contributed by atoms with Crippen LogP contribution in [0.1, 0.15) is 26.2 Å². The van der Waals surface area contributed by atoms with Crippen LogP contribution in [0.25, 0.3) is 0 Å². The molecule has 0 aromatic heterocycles. The maximum atomic E-state index is 12.1. The molecule has 1 aliphatic rings. The van der Waals surface area contributed by atoms with E-state index in [-0.39, 0.29) is 17.9 Å². The molecule has 1 aliphatic heterocycles. The van der Waals surface area contributed by atoms with Crippen molar-refractivity contribution in [1.82, 2.24) is 10.2 Å². The fourth-order valence-corrected chi connectivity index (χ4v) is 2.74. The number of nitrogens with one attached hydrogen (secondary N) is 1. The molecule has 0 radical (unpaired) electrons. The number of carbonyl (C=O) groups excluding carboxylic acids is 2. The van der Waals surface area contributed by atoms with E-state index < -0.39 is 0 Å². The van der Waals surface area contributed by atoms with Crippen molar-refractivity contribution in [3.63, 3.8) is 0 Å². The van der Waals surface area contributed by atoms with Gasteiger partial charge < -0.3 is 16.0 Å². The molecule has 0 bridgehead atoms. The number of nitrogens with two attached hydrogens (primary N) is 1. The predicted molar refractivity (Wildman–Crippen MR) is 79.0 cm³/mol. The highest BCUT2D eigenvalue weighted by molar-refractivity contribution is 7.98. The molecule has 5 nitrogen and oxygen atoms in total. The van der Waals surface area contributed by atoms with Crippen LogP contribution in [0.4, 0.5) is 0 Å². The Labute approximate surface area is 119 Å². The first-order valence-electron chi connectivity index (χ1n) is 6.82. The second-order valence-corrected chi connectivity index (χ2v) is 6.08. The van der Waals surface area contributed by atoms with Crippen LogP contribution in [0, 0.1) is 5.92 Å². The van der Waals surface area contributed by atoms with Gasteiger partial charge in [0.05, 0.1) is 6.04 Å². The third-order valence-corrected chi connectivity index (χ3v) is 4.16. The van der Waals surface area contributed by atoms with Crippen LogP contribution in [-0.4, -0.2) is 54.4 Å². The zero-order valence-corrected chi connectivity index (χ0v) is 12.7. The van der Waals surface area contributed by atoms with Gasteiger partial charge in [-0.25, -0.2) is 0 Å². The highest BCUT2D eigenvalue weighted by atomic mass is 32.2. The molecule has 0 spiro atoms. The van der Waals surface area contributed by atoms with E-state index in [4.69, 9.17) is 5.73 Å². The molecule has 1 atom stereocenters. The molecule has 0 aromatic rings. The quantitative estimate of drug-likeness (QED) is 0.743. The minimum atomic E-state index is -0.362. The van der Waals surface area contributed by atoms with Gasteiger partial charge in [0.2, 0.25) is 11.8 Å². The molecule has 19 heavy (non-hydrogen) atoms. The summed E-state index contributed by atoms with van der Waals surface area (Å²) in [4.78, 5) is 24.8. The first-order valence-corrected chi connectivity index (χ1v) is 8.21. The Kier molecular flexibility index (Phi) is 7.23. The van der Waals surface area contributed by atoms with E-state index in [2.05, 4.69) is 5.32 Å². The van der Waals surface area contributed by atoms with E-state index in [1.54, 1.807) is 11.8 Å². The Morgan fingerprint density at radius 1 is 1.42 bits per heavy atom. The smallest absolute Gasteiger partial charge is 0.239 e. The van der Waals surface area contributed by atoms with Crippen LogP contribution in [0.3, 0.4) is 0 Å². The summed E-state index contributed by atoms with van der Waals surface area (Å²) in [7, 11) is 0. The molecule has 0 aliphatic carbocycles. The van der Waals surface area contributed by atoms with E-state index in [9.17, 15) is 9.59 Å². The lowest BCUT2D eigenvalue weighted by Crippen LogP contribution is -2.48. The normalized spacial score (nSPS) is 18.2. The molecule has 6 heteroatoms. The fourth-order valence-electron chi connectivity index (χ4n) is 2.25. The minimum absolute atomic E-state index is 0.0117. The number of likely N-dealkylation sites (tertiary alicyclic amines) is 1. The molecule has 0 saturated carbocycles. The van der Waals surface area contributed by atoms with Gasteiger partial charge in [-0.3, -0.25) is 9.59 Å². The third-order valence-electron chi connectivity index (χ3n) is 3.52. The van der Waals surface area contributed by atoms with E-state index in [0.717, 1.165) is 44.6 Å². The van der Waals surface area contributed by atoms with Crippen LogP contribution in [0.2, 0.25) is 0 Å². The van der Waals surface area contributed by atoms with Crippen molar-refractivity contribution >= 4 is 23.6 Å². The monoisotopic (exact) mass is 287 g/mol. The second kappa shape index (κ2) is 8.43. The molecule has 2 amide bonds. The van der Waals surface area contributed by atoms with Gasteiger partial charge in [0.1, 0.15) is 0 Å². The predicted octanol–water partition coefficient (Wildman–Crippen LogP) is 0.442. The average Bonchev–Trinajstić information content (AvgIpc) is 2.42. The van der Waals surface area contributed by atoms with E-state index >= 15 is 0 Å². The number of hydrogen-bond donors (Lipinski definition) is 2. The highest BCUT2D eigenvalue weighted by Gasteiger charge is 2.25. The van der Waals surface area contributed by atoms with Crippen LogP contribution >= 0.6 is 11.8 Å². The van der Waals surface area contributed by atoms with Crippen molar-refractivity contribution in [2.75, 3.05) is 31.6 Å². The molecule has 1 fully saturated rings.